The van der Waals surface area contributed by atoms with Crippen LogP contribution in [0.5, 0.6) is 0 Å². The molecule has 1 heteroatoms. The zero-order valence-electron chi connectivity index (χ0n) is 11.4. The first-order valence-electron chi connectivity index (χ1n) is 6.08. The van der Waals surface area contributed by atoms with E-state index in [4.69, 9.17) is 0 Å². The van der Waals surface area contributed by atoms with Crippen molar-refractivity contribution in [3.05, 3.63) is 72.4 Å². The normalized spacial score (nSPS) is 12.3. The first-order chi connectivity index (χ1) is 8.67. The molecule has 1 aromatic rings. The lowest BCUT2D eigenvalue weighted by atomic mass is 10.1. The summed E-state index contributed by atoms with van der Waals surface area (Å²) in [7, 11) is 4.09. The molecular weight excluding hydrogens is 218 g/mol. The van der Waals surface area contributed by atoms with Crippen molar-refractivity contribution < 1.29 is 0 Å². The lowest BCUT2D eigenvalue weighted by molar-refractivity contribution is 1.13. The summed E-state index contributed by atoms with van der Waals surface area (Å²) >= 11 is 0. The third kappa shape index (κ3) is 4.46. The van der Waals surface area contributed by atoms with Gasteiger partial charge in [-0.2, -0.15) is 0 Å². The Balaban J connectivity index is 2.83. The average molecular weight is 239 g/mol. The van der Waals surface area contributed by atoms with E-state index in [2.05, 4.69) is 54.0 Å². The molecule has 94 valence electrons. The van der Waals surface area contributed by atoms with Crippen molar-refractivity contribution in [2.45, 2.75) is 6.92 Å². The van der Waals surface area contributed by atoms with Crippen LogP contribution in [0.15, 0.2) is 66.8 Å². The molecule has 0 unspecified atom stereocenters. The number of anilines is 1. The second-order valence-corrected chi connectivity index (χ2v) is 4.22. The van der Waals surface area contributed by atoms with Crippen LogP contribution in [0.25, 0.3) is 6.08 Å². The summed E-state index contributed by atoms with van der Waals surface area (Å²) in [6, 6.07) is 8.47. The third-order valence-corrected chi connectivity index (χ3v) is 2.55. The zero-order valence-corrected chi connectivity index (χ0v) is 11.4. The number of benzene rings is 1. The molecule has 0 spiro atoms. The molecule has 1 rings (SSSR count). The molecule has 1 aromatic carbocycles. The lowest BCUT2D eigenvalue weighted by Gasteiger charge is -2.11. The molecule has 18 heavy (non-hydrogen) atoms. The second kappa shape index (κ2) is 7.33. The van der Waals surface area contributed by atoms with Gasteiger partial charge >= 0.3 is 0 Å². The van der Waals surface area contributed by atoms with Crippen LogP contribution >= 0.6 is 0 Å². The zero-order chi connectivity index (χ0) is 13.4. The van der Waals surface area contributed by atoms with Crippen molar-refractivity contribution in [1.29, 1.82) is 0 Å². The first kappa shape index (κ1) is 14.0. The Kier molecular flexibility index (Phi) is 5.72. The molecule has 0 fully saturated rings. The fourth-order valence-electron chi connectivity index (χ4n) is 1.57. The molecule has 1 nitrogen and oxygen atoms in total. The van der Waals surface area contributed by atoms with Crippen molar-refractivity contribution in [1.82, 2.24) is 0 Å². The first-order valence-corrected chi connectivity index (χ1v) is 6.08. The molecule has 0 saturated carbocycles. The van der Waals surface area contributed by atoms with E-state index in [9.17, 15) is 0 Å². The van der Waals surface area contributed by atoms with E-state index in [1.807, 2.05) is 33.2 Å². The van der Waals surface area contributed by atoms with Crippen molar-refractivity contribution in [2.24, 2.45) is 0 Å². The molecule has 0 amide bonds. The van der Waals surface area contributed by atoms with Crippen LogP contribution in [0.4, 0.5) is 5.69 Å². The summed E-state index contributed by atoms with van der Waals surface area (Å²) in [6.45, 7) is 5.73. The van der Waals surface area contributed by atoms with E-state index in [-0.39, 0.29) is 0 Å². The number of allylic oxidation sites excluding steroid dienone is 6. The van der Waals surface area contributed by atoms with E-state index >= 15 is 0 Å². The van der Waals surface area contributed by atoms with Crippen LogP contribution in [-0.4, -0.2) is 14.1 Å². The van der Waals surface area contributed by atoms with Crippen LogP contribution in [0.2, 0.25) is 0 Å². The van der Waals surface area contributed by atoms with Gasteiger partial charge in [-0.05, 0) is 30.2 Å². The molecule has 0 atom stereocenters. The van der Waals surface area contributed by atoms with Gasteiger partial charge in [0, 0.05) is 19.8 Å². The van der Waals surface area contributed by atoms with Gasteiger partial charge in [-0.25, -0.2) is 0 Å². The third-order valence-electron chi connectivity index (χ3n) is 2.55. The van der Waals surface area contributed by atoms with Crippen molar-refractivity contribution in [3.63, 3.8) is 0 Å². The molecule has 0 aliphatic heterocycles. The molecule has 0 heterocycles. The number of hydrogen-bond donors (Lipinski definition) is 0. The highest BCUT2D eigenvalue weighted by atomic mass is 15.1. The summed E-state index contributed by atoms with van der Waals surface area (Å²) in [5.74, 6) is 0. The fourth-order valence-corrected chi connectivity index (χ4v) is 1.57. The Labute approximate surface area is 110 Å². The number of nitrogens with zero attached hydrogens (tertiary/aromatic N) is 1. The largest absolute Gasteiger partial charge is 0.378 e. The summed E-state index contributed by atoms with van der Waals surface area (Å²) in [4.78, 5) is 2.09. The average Bonchev–Trinajstić information content (AvgIpc) is 2.37. The minimum atomic E-state index is 1.14. The molecule has 0 aromatic heterocycles. The van der Waals surface area contributed by atoms with Crippen molar-refractivity contribution in [3.8, 4) is 0 Å². The van der Waals surface area contributed by atoms with Gasteiger partial charge in [-0.15, -0.1) is 0 Å². The highest BCUT2D eigenvalue weighted by Gasteiger charge is 1.93. The predicted molar refractivity (Wildman–Crippen MR) is 82.9 cm³/mol. The maximum atomic E-state index is 3.72. The van der Waals surface area contributed by atoms with Crippen LogP contribution in [0.3, 0.4) is 0 Å². The molecule has 0 bridgehead atoms. The quantitative estimate of drug-likeness (QED) is 0.686. The molecule has 0 aliphatic carbocycles. The Morgan fingerprint density at radius 1 is 1.11 bits per heavy atom. The van der Waals surface area contributed by atoms with Crippen molar-refractivity contribution >= 4 is 11.8 Å². The minimum absolute atomic E-state index is 1.14. The van der Waals surface area contributed by atoms with Gasteiger partial charge in [0.25, 0.3) is 0 Å². The number of rotatable bonds is 5. The predicted octanol–water partition coefficient (Wildman–Crippen LogP) is 4.45. The molecule has 0 radical (unpaired) electrons. The Hall–Kier alpha value is -2.02. The van der Waals surface area contributed by atoms with Crippen LogP contribution in [0.1, 0.15) is 12.5 Å². The van der Waals surface area contributed by atoms with E-state index in [0.717, 1.165) is 5.57 Å². The van der Waals surface area contributed by atoms with Gasteiger partial charge in [0.05, 0.1) is 0 Å². The summed E-state index contributed by atoms with van der Waals surface area (Å²) in [5, 5.41) is 0. The van der Waals surface area contributed by atoms with E-state index in [0.29, 0.717) is 0 Å². The van der Waals surface area contributed by atoms with Crippen LogP contribution < -0.4 is 4.90 Å². The van der Waals surface area contributed by atoms with Crippen molar-refractivity contribution in [2.75, 3.05) is 19.0 Å². The smallest absolute Gasteiger partial charge is 0.0361 e. The van der Waals surface area contributed by atoms with Gasteiger partial charge in [0.1, 0.15) is 0 Å². The van der Waals surface area contributed by atoms with Gasteiger partial charge in [0.15, 0.2) is 0 Å². The molecule has 0 saturated heterocycles. The Morgan fingerprint density at radius 3 is 2.28 bits per heavy atom. The maximum Gasteiger partial charge on any atom is 0.0361 e. The van der Waals surface area contributed by atoms with E-state index in [1.54, 1.807) is 6.08 Å². The molecular formula is C17H21N. The van der Waals surface area contributed by atoms with E-state index in [1.165, 1.54) is 11.3 Å². The minimum Gasteiger partial charge on any atom is -0.378 e. The number of hydrogen-bond acceptors (Lipinski definition) is 1. The SMILES string of the molecule is C=C/C=C(\C=C/C)/C=C/c1ccc(N(C)C)cc1. The Morgan fingerprint density at radius 2 is 1.78 bits per heavy atom. The molecule has 0 aliphatic rings. The topological polar surface area (TPSA) is 3.24 Å². The van der Waals surface area contributed by atoms with Gasteiger partial charge in [0.2, 0.25) is 0 Å². The Bertz CT molecular complexity index is 459. The highest BCUT2D eigenvalue weighted by molar-refractivity contribution is 5.58. The fraction of sp³-hybridized carbons (Fsp3) is 0.176. The second-order valence-electron chi connectivity index (χ2n) is 4.22. The highest BCUT2D eigenvalue weighted by Crippen LogP contribution is 2.14. The standard InChI is InChI=1S/C17H21N/c1-5-7-15(8-6-2)9-10-16-11-13-17(14-12-16)18(3)4/h5-14H,1H2,2-4H3/b8-6-,10-9+,15-7+. The van der Waals surface area contributed by atoms with Crippen LogP contribution in [0, 0.1) is 0 Å². The summed E-state index contributed by atoms with van der Waals surface area (Å²) in [5.41, 5.74) is 3.55. The monoisotopic (exact) mass is 239 g/mol. The maximum absolute atomic E-state index is 3.72. The summed E-state index contributed by atoms with van der Waals surface area (Å²) in [6.07, 6.45) is 12.1. The van der Waals surface area contributed by atoms with Gasteiger partial charge in [-0.1, -0.05) is 55.2 Å². The van der Waals surface area contributed by atoms with E-state index < -0.39 is 0 Å². The lowest BCUT2D eigenvalue weighted by Crippen LogP contribution is -2.07. The summed E-state index contributed by atoms with van der Waals surface area (Å²) < 4.78 is 0. The van der Waals surface area contributed by atoms with Crippen LogP contribution in [-0.2, 0) is 0 Å². The van der Waals surface area contributed by atoms with Gasteiger partial charge < -0.3 is 4.90 Å². The van der Waals surface area contributed by atoms with Gasteiger partial charge in [-0.3, -0.25) is 0 Å². The molecule has 0 N–H and O–H groups in total.